The number of aromatic nitrogens is 2. The van der Waals surface area contributed by atoms with E-state index in [2.05, 4.69) is 15.3 Å². The molecular formula is C17H18FN3OS. The fraction of sp³-hybridized carbons (Fsp3) is 0.294. The Morgan fingerprint density at radius 1 is 1.22 bits per heavy atom. The molecule has 0 atom stereocenters. The van der Waals surface area contributed by atoms with Crippen LogP contribution < -0.4 is 5.32 Å². The van der Waals surface area contributed by atoms with E-state index in [1.165, 1.54) is 23.5 Å². The van der Waals surface area contributed by atoms with Crippen LogP contribution in [-0.4, -0.2) is 27.2 Å². The van der Waals surface area contributed by atoms with Gasteiger partial charge in [0.05, 0.1) is 17.5 Å². The Hall–Kier alpha value is -2.05. The lowest BCUT2D eigenvalue weighted by molar-refractivity contribution is 0.234. The van der Waals surface area contributed by atoms with Gasteiger partial charge in [0.2, 0.25) is 0 Å². The van der Waals surface area contributed by atoms with Crippen LogP contribution in [0.5, 0.6) is 0 Å². The number of thiophene rings is 1. The number of hydrogen-bond donors (Lipinski definition) is 2. The monoisotopic (exact) mass is 331 g/mol. The highest BCUT2D eigenvalue weighted by Crippen LogP contribution is 2.37. The number of anilines is 1. The lowest BCUT2D eigenvalue weighted by Gasteiger charge is -2.25. The van der Waals surface area contributed by atoms with Gasteiger partial charge in [0.25, 0.3) is 0 Å². The van der Waals surface area contributed by atoms with Crippen LogP contribution in [0.3, 0.4) is 0 Å². The number of aliphatic hydroxyl groups excluding tert-OH is 1. The van der Waals surface area contributed by atoms with Crippen molar-refractivity contribution in [2.24, 2.45) is 0 Å². The van der Waals surface area contributed by atoms with E-state index in [4.69, 9.17) is 0 Å². The van der Waals surface area contributed by atoms with Gasteiger partial charge in [-0.25, -0.2) is 14.4 Å². The number of benzene rings is 1. The zero-order valence-electron chi connectivity index (χ0n) is 13.2. The number of hydrogen-bond acceptors (Lipinski definition) is 5. The molecular weight excluding hydrogens is 313 g/mol. The number of rotatable bonds is 4. The van der Waals surface area contributed by atoms with Gasteiger partial charge in [-0.1, -0.05) is 12.1 Å². The number of aryl methyl sites for hydroxylation is 1. The first-order valence-corrected chi connectivity index (χ1v) is 8.18. The summed E-state index contributed by atoms with van der Waals surface area (Å²) in [7, 11) is 0. The van der Waals surface area contributed by atoms with Crippen molar-refractivity contribution in [3.8, 4) is 11.1 Å². The highest BCUT2D eigenvalue weighted by molar-refractivity contribution is 7.17. The average Bonchev–Trinajstić information content (AvgIpc) is 2.91. The summed E-state index contributed by atoms with van der Waals surface area (Å²) in [6.45, 7) is 5.63. The van der Waals surface area contributed by atoms with Crippen LogP contribution in [-0.2, 0) is 0 Å². The molecule has 0 aliphatic carbocycles. The predicted molar refractivity (Wildman–Crippen MR) is 92.3 cm³/mol. The van der Waals surface area contributed by atoms with Crippen molar-refractivity contribution in [2.45, 2.75) is 26.3 Å². The molecule has 3 rings (SSSR count). The second-order valence-corrected chi connectivity index (χ2v) is 6.98. The second kappa shape index (κ2) is 5.86. The first-order chi connectivity index (χ1) is 10.9. The first-order valence-electron chi connectivity index (χ1n) is 7.30. The molecule has 0 bridgehead atoms. The molecule has 0 aliphatic heterocycles. The molecule has 0 fully saturated rings. The molecule has 120 valence electrons. The van der Waals surface area contributed by atoms with E-state index < -0.39 is 5.54 Å². The molecule has 23 heavy (non-hydrogen) atoms. The lowest BCUT2D eigenvalue weighted by Crippen LogP contribution is -2.35. The zero-order valence-corrected chi connectivity index (χ0v) is 14.0. The molecule has 2 N–H and O–H groups in total. The van der Waals surface area contributed by atoms with Gasteiger partial charge >= 0.3 is 0 Å². The molecule has 4 nitrogen and oxygen atoms in total. The van der Waals surface area contributed by atoms with E-state index in [-0.39, 0.29) is 12.4 Å². The van der Waals surface area contributed by atoms with Gasteiger partial charge in [0.1, 0.15) is 22.3 Å². The summed E-state index contributed by atoms with van der Waals surface area (Å²) >= 11 is 1.53. The van der Waals surface area contributed by atoms with Gasteiger partial charge in [-0.3, -0.25) is 0 Å². The molecule has 0 saturated carbocycles. The quantitative estimate of drug-likeness (QED) is 0.759. The average molecular weight is 331 g/mol. The van der Waals surface area contributed by atoms with Crippen molar-refractivity contribution in [1.29, 1.82) is 0 Å². The largest absolute Gasteiger partial charge is 0.394 e. The second-order valence-electron chi connectivity index (χ2n) is 6.12. The molecule has 3 aromatic rings. The van der Waals surface area contributed by atoms with Crippen molar-refractivity contribution in [2.75, 3.05) is 11.9 Å². The van der Waals surface area contributed by atoms with E-state index in [0.717, 1.165) is 21.3 Å². The van der Waals surface area contributed by atoms with Crippen LogP contribution in [0.1, 0.15) is 19.7 Å². The summed E-state index contributed by atoms with van der Waals surface area (Å²) in [6.07, 6.45) is 0. The Morgan fingerprint density at radius 2 is 1.91 bits per heavy atom. The standard InChI is InChI=1S/C17H18FN3OS/c1-10-19-15(21-17(2,3)9-22)14-13(8-23-16(14)20-10)11-4-6-12(18)7-5-11/h4-8,22H,9H2,1-3H3,(H,19,20,21). The summed E-state index contributed by atoms with van der Waals surface area (Å²) < 4.78 is 13.2. The highest BCUT2D eigenvalue weighted by Gasteiger charge is 2.21. The van der Waals surface area contributed by atoms with Gasteiger partial charge in [0, 0.05) is 10.9 Å². The normalized spacial score (nSPS) is 11.9. The molecule has 0 radical (unpaired) electrons. The van der Waals surface area contributed by atoms with Crippen LogP contribution in [0.4, 0.5) is 10.2 Å². The van der Waals surface area contributed by atoms with Crippen molar-refractivity contribution in [1.82, 2.24) is 9.97 Å². The minimum atomic E-state index is -0.504. The number of halogens is 1. The van der Waals surface area contributed by atoms with Gasteiger partial charge in [-0.05, 0) is 38.5 Å². The van der Waals surface area contributed by atoms with Crippen LogP contribution in [0, 0.1) is 12.7 Å². The van der Waals surface area contributed by atoms with Gasteiger partial charge in [-0.15, -0.1) is 11.3 Å². The van der Waals surface area contributed by atoms with Crippen molar-refractivity contribution in [3.05, 3.63) is 41.3 Å². The molecule has 2 heterocycles. The molecule has 2 aromatic heterocycles. The van der Waals surface area contributed by atoms with Crippen LogP contribution in [0.25, 0.3) is 21.3 Å². The van der Waals surface area contributed by atoms with E-state index in [1.807, 2.05) is 26.2 Å². The third-order valence-electron chi connectivity index (χ3n) is 3.55. The highest BCUT2D eigenvalue weighted by atomic mass is 32.1. The fourth-order valence-electron chi connectivity index (χ4n) is 2.34. The molecule has 0 saturated heterocycles. The first kappa shape index (κ1) is 15.8. The molecule has 0 unspecified atom stereocenters. The summed E-state index contributed by atoms with van der Waals surface area (Å²) in [5.41, 5.74) is 1.37. The number of nitrogens with one attached hydrogen (secondary N) is 1. The maximum absolute atomic E-state index is 13.2. The third-order valence-corrected chi connectivity index (χ3v) is 4.42. The molecule has 6 heteroatoms. The summed E-state index contributed by atoms with van der Waals surface area (Å²) in [6, 6.07) is 6.38. The predicted octanol–water partition coefficient (Wildman–Crippen LogP) is 3.99. The third kappa shape index (κ3) is 3.18. The Balaban J connectivity index is 2.19. The van der Waals surface area contributed by atoms with Crippen molar-refractivity contribution < 1.29 is 9.50 Å². The van der Waals surface area contributed by atoms with E-state index >= 15 is 0 Å². The minimum absolute atomic E-state index is 0.0203. The Labute approximate surface area is 138 Å². The van der Waals surface area contributed by atoms with Crippen LogP contribution in [0.15, 0.2) is 29.6 Å². The summed E-state index contributed by atoms with van der Waals surface area (Å²) in [5, 5.41) is 15.7. The van der Waals surface area contributed by atoms with E-state index in [1.54, 1.807) is 12.1 Å². The smallest absolute Gasteiger partial charge is 0.139 e. The van der Waals surface area contributed by atoms with Crippen LogP contribution in [0.2, 0.25) is 0 Å². The number of fused-ring (bicyclic) bond motifs is 1. The number of aliphatic hydroxyl groups is 1. The van der Waals surface area contributed by atoms with Crippen molar-refractivity contribution >= 4 is 27.4 Å². The van der Waals surface area contributed by atoms with Gasteiger partial charge < -0.3 is 10.4 Å². The van der Waals surface area contributed by atoms with Gasteiger partial charge in [-0.2, -0.15) is 0 Å². The summed E-state index contributed by atoms with van der Waals surface area (Å²) in [4.78, 5) is 9.86. The number of nitrogens with zero attached hydrogens (tertiary/aromatic N) is 2. The van der Waals surface area contributed by atoms with E-state index in [0.29, 0.717) is 11.6 Å². The van der Waals surface area contributed by atoms with Gasteiger partial charge in [0.15, 0.2) is 0 Å². The Morgan fingerprint density at radius 3 is 2.57 bits per heavy atom. The SMILES string of the molecule is Cc1nc(NC(C)(C)CO)c2c(-c3ccc(F)cc3)csc2n1. The Kier molecular flexibility index (Phi) is 4.04. The maximum Gasteiger partial charge on any atom is 0.139 e. The minimum Gasteiger partial charge on any atom is -0.394 e. The molecule has 0 aliphatic rings. The molecule has 1 aromatic carbocycles. The lowest BCUT2D eigenvalue weighted by atomic mass is 10.0. The van der Waals surface area contributed by atoms with Crippen molar-refractivity contribution in [3.63, 3.8) is 0 Å². The maximum atomic E-state index is 13.2. The molecule has 0 amide bonds. The molecule has 0 spiro atoms. The summed E-state index contributed by atoms with van der Waals surface area (Å²) in [5.74, 6) is 1.09. The fourth-order valence-corrected chi connectivity index (χ4v) is 3.33. The topological polar surface area (TPSA) is 58.0 Å². The van der Waals surface area contributed by atoms with Crippen LogP contribution >= 0.6 is 11.3 Å². The zero-order chi connectivity index (χ0) is 16.6. The Bertz CT molecular complexity index is 843. The van der Waals surface area contributed by atoms with E-state index in [9.17, 15) is 9.50 Å².